The van der Waals surface area contributed by atoms with E-state index in [1.165, 1.54) is 12.0 Å². The minimum Gasteiger partial charge on any atom is -0.389 e. The van der Waals surface area contributed by atoms with E-state index in [-0.39, 0.29) is 10.9 Å². The standard InChI is InChI=1S/C12H16N2O2S/c1-8(16-3)12(15)14(2)10-7-5-4-6-9(10)11(13)17/h4-8H,1-3H3,(H2,13,17). The van der Waals surface area contributed by atoms with E-state index in [1.807, 2.05) is 12.1 Å². The quantitative estimate of drug-likeness (QED) is 0.821. The molecule has 0 radical (unpaired) electrons. The normalized spacial score (nSPS) is 11.9. The van der Waals surface area contributed by atoms with Gasteiger partial charge < -0.3 is 15.4 Å². The number of amides is 1. The molecule has 1 atom stereocenters. The molecule has 17 heavy (non-hydrogen) atoms. The Morgan fingerprint density at radius 2 is 2.06 bits per heavy atom. The number of para-hydroxylation sites is 1. The monoisotopic (exact) mass is 252 g/mol. The van der Waals surface area contributed by atoms with Gasteiger partial charge in [-0.15, -0.1) is 0 Å². The molecular formula is C12H16N2O2S. The number of hydrogen-bond acceptors (Lipinski definition) is 3. The molecular weight excluding hydrogens is 236 g/mol. The lowest BCUT2D eigenvalue weighted by atomic mass is 10.1. The van der Waals surface area contributed by atoms with Crippen LogP contribution in [0.3, 0.4) is 0 Å². The summed E-state index contributed by atoms with van der Waals surface area (Å²) in [5.41, 5.74) is 6.99. The van der Waals surface area contributed by atoms with Gasteiger partial charge in [-0.1, -0.05) is 24.4 Å². The third-order valence-corrected chi connectivity index (χ3v) is 2.78. The van der Waals surface area contributed by atoms with E-state index in [0.29, 0.717) is 11.3 Å². The summed E-state index contributed by atoms with van der Waals surface area (Å²) in [7, 11) is 3.17. The Morgan fingerprint density at radius 1 is 1.47 bits per heavy atom. The molecule has 0 aliphatic carbocycles. The second kappa shape index (κ2) is 5.75. The van der Waals surface area contributed by atoms with Crippen molar-refractivity contribution in [3.05, 3.63) is 29.8 Å². The summed E-state index contributed by atoms with van der Waals surface area (Å²) in [6.07, 6.45) is -0.501. The SMILES string of the molecule is COC(C)C(=O)N(C)c1ccccc1C(N)=S. The van der Waals surface area contributed by atoms with Crippen LogP contribution in [0.2, 0.25) is 0 Å². The predicted octanol–water partition coefficient (Wildman–Crippen LogP) is 1.32. The van der Waals surface area contributed by atoms with Crippen molar-refractivity contribution in [2.24, 2.45) is 5.73 Å². The summed E-state index contributed by atoms with van der Waals surface area (Å²) in [5.74, 6) is -0.142. The fourth-order valence-electron chi connectivity index (χ4n) is 1.47. The molecule has 0 saturated carbocycles. The fraction of sp³-hybridized carbons (Fsp3) is 0.333. The van der Waals surface area contributed by atoms with Crippen molar-refractivity contribution in [2.45, 2.75) is 13.0 Å². The minimum absolute atomic E-state index is 0.142. The first kappa shape index (κ1) is 13.6. The second-order valence-electron chi connectivity index (χ2n) is 3.66. The van der Waals surface area contributed by atoms with E-state index in [0.717, 1.165) is 0 Å². The zero-order valence-electron chi connectivity index (χ0n) is 10.1. The summed E-state index contributed by atoms with van der Waals surface area (Å²) >= 11 is 4.96. The molecule has 92 valence electrons. The van der Waals surface area contributed by atoms with Crippen molar-refractivity contribution in [1.82, 2.24) is 0 Å². The number of thiocarbonyl (C=S) groups is 1. The van der Waals surface area contributed by atoms with E-state index >= 15 is 0 Å². The number of benzene rings is 1. The molecule has 4 nitrogen and oxygen atoms in total. The number of hydrogen-bond donors (Lipinski definition) is 1. The van der Waals surface area contributed by atoms with Crippen LogP contribution in [0.4, 0.5) is 5.69 Å². The number of rotatable bonds is 4. The summed E-state index contributed by atoms with van der Waals surface area (Å²) in [4.78, 5) is 13.7. The molecule has 1 amide bonds. The number of methoxy groups -OCH3 is 1. The van der Waals surface area contributed by atoms with Crippen molar-refractivity contribution in [3.63, 3.8) is 0 Å². The Bertz CT molecular complexity index is 434. The largest absolute Gasteiger partial charge is 0.389 e. The maximum atomic E-state index is 12.0. The zero-order valence-corrected chi connectivity index (χ0v) is 11.0. The van der Waals surface area contributed by atoms with Gasteiger partial charge in [0.15, 0.2) is 0 Å². The second-order valence-corrected chi connectivity index (χ2v) is 4.10. The van der Waals surface area contributed by atoms with Gasteiger partial charge in [0.05, 0.1) is 5.69 Å². The first-order valence-electron chi connectivity index (χ1n) is 5.18. The lowest BCUT2D eigenvalue weighted by Crippen LogP contribution is -2.36. The van der Waals surface area contributed by atoms with Gasteiger partial charge in [-0.2, -0.15) is 0 Å². The number of nitrogens with two attached hydrogens (primary N) is 1. The average Bonchev–Trinajstić information content (AvgIpc) is 2.35. The summed E-state index contributed by atoms with van der Waals surface area (Å²) in [6, 6.07) is 7.25. The number of nitrogens with zero attached hydrogens (tertiary/aromatic N) is 1. The number of anilines is 1. The van der Waals surface area contributed by atoms with Gasteiger partial charge in [-0.05, 0) is 19.1 Å². The fourth-order valence-corrected chi connectivity index (χ4v) is 1.64. The topological polar surface area (TPSA) is 55.6 Å². The number of carbonyl (C=O) groups is 1. The van der Waals surface area contributed by atoms with Crippen molar-refractivity contribution >= 4 is 28.8 Å². The maximum absolute atomic E-state index is 12.0. The first-order valence-corrected chi connectivity index (χ1v) is 5.59. The first-order chi connectivity index (χ1) is 7.99. The van der Waals surface area contributed by atoms with Gasteiger partial charge in [0.1, 0.15) is 11.1 Å². The van der Waals surface area contributed by atoms with E-state index < -0.39 is 6.10 Å². The molecule has 1 aromatic carbocycles. The van der Waals surface area contributed by atoms with Gasteiger partial charge in [0.2, 0.25) is 0 Å². The Balaban J connectivity index is 3.08. The molecule has 0 aliphatic rings. The molecule has 0 spiro atoms. The van der Waals surface area contributed by atoms with E-state index in [9.17, 15) is 4.79 Å². The molecule has 0 heterocycles. The van der Waals surface area contributed by atoms with Crippen LogP contribution in [0.15, 0.2) is 24.3 Å². The molecule has 0 aliphatic heterocycles. The minimum atomic E-state index is -0.501. The van der Waals surface area contributed by atoms with Gasteiger partial charge in [-0.3, -0.25) is 4.79 Å². The molecule has 1 unspecified atom stereocenters. The van der Waals surface area contributed by atoms with Crippen LogP contribution in [0, 0.1) is 0 Å². The molecule has 0 saturated heterocycles. The van der Waals surface area contributed by atoms with Crippen molar-refractivity contribution < 1.29 is 9.53 Å². The number of ether oxygens (including phenoxy) is 1. The molecule has 5 heteroatoms. The summed E-state index contributed by atoms with van der Waals surface area (Å²) in [5, 5.41) is 0. The smallest absolute Gasteiger partial charge is 0.255 e. The van der Waals surface area contributed by atoms with Crippen LogP contribution in [0.5, 0.6) is 0 Å². The lowest BCUT2D eigenvalue weighted by molar-refractivity contribution is -0.127. The van der Waals surface area contributed by atoms with Gasteiger partial charge in [0, 0.05) is 19.7 Å². The van der Waals surface area contributed by atoms with E-state index in [4.69, 9.17) is 22.7 Å². The highest BCUT2D eigenvalue weighted by Gasteiger charge is 2.20. The van der Waals surface area contributed by atoms with Crippen molar-refractivity contribution in [3.8, 4) is 0 Å². The maximum Gasteiger partial charge on any atom is 0.255 e. The summed E-state index contributed by atoms with van der Waals surface area (Å²) < 4.78 is 5.00. The number of likely N-dealkylation sites (N-methyl/N-ethyl adjacent to an activating group) is 1. The van der Waals surface area contributed by atoms with Crippen LogP contribution in [0.1, 0.15) is 12.5 Å². The Labute approximate surface area is 106 Å². The van der Waals surface area contributed by atoms with Crippen LogP contribution >= 0.6 is 12.2 Å². The molecule has 1 aromatic rings. The molecule has 2 N–H and O–H groups in total. The highest BCUT2D eigenvalue weighted by Crippen LogP contribution is 2.20. The molecule has 1 rings (SSSR count). The van der Waals surface area contributed by atoms with Crippen molar-refractivity contribution in [2.75, 3.05) is 19.1 Å². The van der Waals surface area contributed by atoms with Crippen LogP contribution in [-0.2, 0) is 9.53 Å². The van der Waals surface area contributed by atoms with Gasteiger partial charge in [0.25, 0.3) is 5.91 Å². The Morgan fingerprint density at radius 3 is 2.59 bits per heavy atom. The lowest BCUT2D eigenvalue weighted by Gasteiger charge is -2.22. The molecule has 0 aromatic heterocycles. The van der Waals surface area contributed by atoms with E-state index in [2.05, 4.69) is 0 Å². The van der Waals surface area contributed by atoms with E-state index in [1.54, 1.807) is 26.1 Å². The molecule has 0 fully saturated rings. The summed E-state index contributed by atoms with van der Waals surface area (Å²) in [6.45, 7) is 1.70. The van der Waals surface area contributed by atoms with Gasteiger partial charge in [-0.25, -0.2) is 0 Å². The highest BCUT2D eigenvalue weighted by molar-refractivity contribution is 7.80. The van der Waals surface area contributed by atoms with Gasteiger partial charge >= 0.3 is 0 Å². The van der Waals surface area contributed by atoms with Crippen LogP contribution < -0.4 is 10.6 Å². The van der Waals surface area contributed by atoms with Crippen molar-refractivity contribution in [1.29, 1.82) is 0 Å². The zero-order chi connectivity index (χ0) is 13.0. The number of carbonyl (C=O) groups excluding carboxylic acids is 1. The Hall–Kier alpha value is -1.46. The Kier molecular flexibility index (Phi) is 4.60. The van der Waals surface area contributed by atoms with Crippen LogP contribution in [-0.4, -0.2) is 31.2 Å². The average molecular weight is 252 g/mol. The van der Waals surface area contributed by atoms with Crippen LogP contribution in [0.25, 0.3) is 0 Å². The predicted molar refractivity (Wildman–Crippen MR) is 72.2 cm³/mol. The molecule has 0 bridgehead atoms. The third-order valence-electron chi connectivity index (χ3n) is 2.56. The highest BCUT2D eigenvalue weighted by atomic mass is 32.1. The third kappa shape index (κ3) is 3.01.